The zero-order valence-corrected chi connectivity index (χ0v) is 15.8. The van der Waals surface area contributed by atoms with Gasteiger partial charge >= 0.3 is 5.91 Å². The lowest BCUT2D eigenvalue weighted by atomic mass is 10.2. The molecule has 0 saturated heterocycles. The molecule has 0 bridgehead atoms. The van der Waals surface area contributed by atoms with Crippen molar-refractivity contribution in [3.63, 3.8) is 0 Å². The number of unbranched alkanes of at least 4 members (excludes halogenated alkanes) is 1. The smallest absolute Gasteiger partial charge is 0.307 e. The summed E-state index contributed by atoms with van der Waals surface area (Å²) in [5, 5.41) is 3.94. The van der Waals surface area contributed by atoms with Gasteiger partial charge in [-0.05, 0) is 65.2 Å². The Morgan fingerprint density at radius 2 is 2.08 bits per heavy atom. The van der Waals surface area contributed by atoms with Crippen molar-refractivity contribution in [2.75, 3.05) is 13.2 Å². The maximum absolute atomic E-state index is 11.8. The fourth-order valence-corrected chi connectivity index (χ4v) is 2.28. The monoisotopic (exact) mass is 408 g/mol. The van der Waals surface area contributed by atoms with Crippen LogP contribution in [0.25, 0.3) is 0 Å². The van der Waals surface area contributed by atoms with Gasteiger partial charge in [-0.2, -0.15) is 5.10 Å². The van der Waals surface area contributed by atoms with E-state index >= 15 is 0 Å². The van der Waals surface area contributed by atoms with Gasteiger partial charge in [0.15, 0.2) is 21.9 Å². The van der Waals surface area contributed by atoms with E-state index in [-0.39, 0.29) is 5.76 Å². The van der Waals surface area contributed by atoms with Gasteiger partial charge in [0.2, 0.25) is 0 Å². The van der Waals surface area contributed by atoms with E-state index in [1.54, 1.807) is 12.1 Å². The number of furan rings is 1. The molecule has 0 aliphatic carbocycles. The van der Waals surface area contributed by atoms with Crippen molar-refractivity contribution < 1.29 is 18.7 Å². The van der Waals surface area contributed by atoms with Gasteiger partial charge in [0.1, 0.15) is 0 Å². The molecule has 2 rings (SSSR count). The zero-order chi connectivity index (χ0) is 18.1. The highest BCUT2D eigenvalue weighted by Gasteiger charge is 2.09. The van der Waals surface area contributed by atoms with E-state index in [0.717, 1.165) is 18.4 Å². The third kappa shape index (κ3) is 5.94. The molecule has 0 fully saturated rings. The number of hydrogen-bond donors (Lipinski definition) is 1. The zero-order valence-electron chi connectivity index (χ0n) is 14.3. The van der Waals surface area contributed by atoms with Gasteiger partial charge in [-0.3, -0.25) is 4.79 Å². The van der Waals surface area contributed by atoms with Crippen LogP contribution in [0.4, 0.5) is 0 Å². The fraction of sp³-hybridized carbons (Fsp3) is 0.333. The Bertz CT molecular complexity index is 728. The van der Waals surface area contributed by atoms with Crippen LogP contribution in [0.3, 0.4) is 0 Å². The van der Waals surface area contributed by atoms with E-state index in [1.165, 1.54) is 6.21 Å². The molecule has 1 heterocycles. The van der Waals surface area contributed by atoms with Crippen LogP contribution in [0.15, 0.2) is 44.5 Å². The van der Waals surface area contributed by atoms with Gasteiger partial charge in [-0.15, -0.1) is 0 Å². The lowest BCUT2D eigenvalue weighted by Gasteiger charge is -2.12. The van der Waals surface area contributed by atoms with Crippen molar-refractivity contribution in [1.82, 2.24) is 5.43 Å². The highest BCUT2D eigenvalue weighted by Crippen LogP contribution is 2.28. The average Bonchev–Trinajstić information content (AvgIpc) is 3.03. The molecule has 134 valence electrons. The second kappa shape index (κ2) is 9.88. The molecular weight excluding hydrogens is 388 g/mol. The van der Waals surface area contributed by atoms with E-state index in [0.29, 0.717) is 29.4 Å². The van der Waals surface area contributed by atoms with Gasteiger partial charge in [0.25, 0.3) is 0 Å². The van der Waals surface area contributed by atoms with E-state index < -0.39 is 5.91 Å². The van der Waals surface area contributed by atoms with Crippen LogP contribution < -0.4 is 14.9 Å². The van der Waals surface area contributed by atoms with Crippen LogP contribution in [0.2, 0.25) is 0 Å². The first kappa shape index (κ1) is 19.1. The summed E-state index contributed by atoms with van der Waals surface area (Å²) in [7, 11) is 0. The van der Waals surface area contributed by atoms with Crippen molar-refractivity contribution in [3.8, 4) is 11.5 Å². The molecule has 0 aliphatic heterocycles. The van der Waals surface area contributed by atoms with Crippen molar-refractivity contribution in [3.05, 3.63) is 46.3 Å². The first-order valence-electron chi connectivity index (χ1n) is 8.12. The summed E-state index contributed by atoms with van der Waals surface area (Å²) in [5.41, 5.74) is 3.20. The van der Waals surface area contributed by atoms with Gasteiger partial charge in [-0.25, -0.2) is 5.43 Å². The first-order chi connectivity index (χ1) is 12.1. The number of hydrazone groups is 1. The second-order valence-electron chi connectivity index (χ2n) is 5.14. The maximum Gasteiger partial charge on any atom is 0.307 e. The van der Waals surface area contributed by atoms with Crippen molar-refractivity contribution >= 4 is 28.1 Å². The largest absolute Gasteiger partial charge is 0.490 e. The van der Waals surface area contributed by atoms with Gasteiger partial charge in [0.05, 0.1) is 19.4 Å². The highest BCUT2D eigenvalue weighted by atomic mass is 79.9. The minimum atomic E-state index is -0.425. The predicted molar refractivity (Wildman–Crippen MR) is 99.5 cm³/mol. The summed E-state index contributed by atoms with van der Waals surface area (Å²) in [6.45, 7) is 5.22. The number of carbonyl (C=O) groups is 1. The molecule has 0 atom stereocenters. The van der Waals surface area contributed by atoms with Crippen LogP contribution in [-0.4, -0.2) is 25.3 Å². The van der Waals surface area contributed by atoms with Crippen LogP contribution in [-0.2, 0) is 0 Å². The van der Waals surface area contributed by atoms with E-state index in [4.69, 9.17) is 13.9 Å². The van der Waals surface area contributed by atoms with Crippen molar-refractivity contribution in [2.45, 2.75) is 26.7 Å². The number of carbonyl (C=O) groups excluding carboxylic acids is 1. The Morgan fingerprint density at radius 1 is 1.24 bits per heavy atom. The summed E-state index contributed by atoms with van der Waals surface area (Å²) in [4.78, 5) is 11.8. The molecule has 1 N–H and O–H groups in total. The van der Waals surface area contributed by atoms with Crippen LogP contribution in [0.5, 0.6) is 11.5 Å². The molecule has 0 saturated carbocycles. The van der Waals surface area contributed by atoms with E-state index in [9.17, 15) is 4.79 Å². The van der Waals surface area contributed by atoms with Crippen LogP contribution >= 0.6 is 15.9 Å². The molecule has 6 nitrogen and oxygen atoms in total. The summed E-state index contributed by atoms with van der Waals surface area (Å²) in [5.74, 6) is 1.12. The van der Waals surface area contributed by atoms with Crippen LogP contribution in [0, 0.1) is 0 Å². The van der Waals surface area contributed by atoms with Crippen molar-refractivity contribution in [1.29, 1.82) is 0 Å². The summed E-state index contributed by atoms with van der Waals surface area (Å²) in [6.07, 6.45) is 3.60. The molecule has 7 heteroatoms. The first-order valence-corrected chi connectivity index (χ1v) is 8.91. The summed E-state index contributed by atoms with van der Waals surface area (Å²) < 4.78 is 17.0. The number of amides is 1. The second-order valence-corrected chi connectivity index (χ2v) is 5.93. The van der Waals surface area contributed by atoms with Crippen LogP contribution in [0.1, 0.15) is 42.8 Å². The predicted octanol–water partition coefficient (Wildman–Crippen LogP) is 4.38. The molecule has 0 unspecified atom stereocenters. The number of hydrogen-bond acceptors (Lipinski definition) is 5. The number of nitrogens with zero attached hydrogens (tertiary/aromatic N) is 1. The summed E-state index contributed by atoms with van der Waals surface area (Å²) in [6, 6.07) is 8.72. The number of halogens is 1. The number of benzene rings is 1. The molecule has 0 spiro atoms. The molecule has 1 aromatic carbocycles. The topological polar surface area (TPSA) is 73.1 Å². The quantitative estimate of drug-likeness (QED) is 0.379. The number of rotatable bonds is 9. The van der Waals surface area contributed by atoms with E-state index in [1.807, 2.05) is 25.1 Å². The third-order valence-electron chi connectivity index (χ3n) is 3.20. The molecule has 0 aliphatic rings. The Balaban J connectivity index is 2.00. The van der Waals surface area contributed by atoms with Gasteiger partial charge < -0.3 is 13.9 Å². The molecule has 1 aromatic heterocycles. The Morgan fingerprint density at radius 3 is 2.76 bits per heavy atom. The molecule has 2 aromatic rings. The van der Waals surface area contributed by atoms with Gasteiger partial charge in [0, 0.05) is 0 Å². The highest BCUT2D eigenvalue weighted by molar-refractivity contribution is 9.10. The normalized spacial score (nSPS) is 10.8. The minimum Gasteiger partial charge on any atom is -0.490 e. The number of nitrogens with one attached hydrogen (secondary N) is 1. The fourth-order valence-electron chi connectivity index (χ4n) is 1.98. The Kier molecular flexibility index (Phi) is 7.53. The molecule has 0 radical (unpaired) electrons. The Labute approximate surface area is 155 Å². The lowest BCUT2D eigenvalue weighted by Crippen LogP contribution is -2.16. The standard InChI is InChI=1S/C18H21BrN2O4/c1-3-5-10-24-14-7-6-13(11-16(14)23-4-2)12-20-21-18(22)15-8-9-17(19)25-15/h6-9,11-12H,3-5,10H2,1-2H3,(H,21,22). The van der Waals surface area contributed by atoms with Gasteiger partial charge in [-0.1, -0.05) is 13.3 Å². The minimum absolute atomic E-state index is 0.179. The third-order valence-corrected chi connectivity index (χ3v) is 3.63. The molecular formula is C18H21BrN2O4. The Hall–Kier alpha value is -2.28. The SMILES string of the molecule is CCCCOc1ccc(C=NNC(=O)c2ccc(Br)o2)cc1OCC. The molecule has 1 amide bonds. The molecule has 25 heavy (non-hydrogen) atoms. The average molecular weight is 409 g/mol. The summed E-state index contributed by atoms with van der Waals surface area (Å²) >= 11 is 3.15. The maximum atomic E-state index is 11.8. The van der Waals surface area contributed by atoms with E-state index in [2.05, 4.69) is 33.4 Å². The lowest BCUT2D eigenvalue weighted by molar-refractivity contribution is 0.0926. The number of ether oxygens (including phenoxy) is 2. The van der Waals surface area contributed by atoms with Crippen molar-refractivity contribution in [2.24, 2.45) is 5.10 Å².